The van der Waals surface area contributed by atoms with E-state index in [2.05, 4.69) is 20.8 Å². The van der Waals surface area contributed by atoms with E-state index in [0.29, 0.717) is 11.8 Å². The van der Waals surface area contributed by atoms with E-state index in [1.165, 1.54) is 12.8 Å². The molecule has 4 heteroatoms. The van der Waals surface area contributed by atoms with Crippen molar-refractivity contribution in [2.45, 2.75) is 69.3 Å². The van der Waals surface area contributed by atoms with Gasteiger partial charge in [0.15, 0.2) is 11.2 Å². The van der Waals surface area contributed by atoms with Gasteiger partial charge in [0, 0.05) is 11.9 Å². The molecule has 1 heterocycles. The molecule has 2 rings (SSSR count). The molecule has 0 aromatic heterocycles. The van der Waals surface area contributed by atoms with Gasteiger partial charge >= 0.3 is 0 Å². The Balaban J connectivity index is 2.12. The molecular weight excluding hydrogens is 260 g/mol. The van der Waals surface area contributed by atoms with Crippen LogP contribution in [0, 0.1) is 11.8 Å². The van der Waals surface area contributed by atoms with Crippen molar-refractivity contribution in [3.05, 3.63) is 0 Å². The largest absolute Gasteiger partial charge is 0.374 e. The van der Waals surface area contributed by atoms with Gasteiger partial charge in [0.05, 0.1) is 6.10 Å². The van der Waals surface area contributed by atoms with Crippen LogP contribution in [0.4, 0.5) is 0 Å². The summed E-state index contributed by atoms with van der Waals surface area (Å²) in [6.07, 6.45) is 3.43. The van der Waals surface area contributed by atoms with E-state index in [1.54, 1.807) is 25.8 Å². The smallest absolute Gasteiger partial charge is 0.200 e. The fraction of sp³-hybridized carbons (Fsp3) is 0.933. The highest BCUT2D eigenvalue weighted by molar-refractivity contribution is 8.01. The quantitative estimate of drug-likeness (QED) is 0.798. The number of thioether (sulfide) groups is 1. The number of ketones is 1. The van der Waals surface area contributed by atoms with E-state index in [1.807, 2.05) is 0 Å². The lowest BCUT2D eigenvalue weighted by Gasteiger charge is -2.49. The molecule has 1 aliphatic heterocycles. The van der Waals surface area contributed by atoms with Gasteiger partial charge in [-0.1, -0.05) is 27.2 Å². The first-order valence-corrected chi connectivity index (χ1v) is 8.13. The Bertz CT molecular complexity index is 342. The van der Waals surface area contributed by atoms with E-state index in [4.69, 9.17) is 9.47 Å². The lowest BCUT2D eigenvalue weighted by molar-refractivity contribution is -0.142. The first-order chi connectivity index (χ1) is 8.85. The van der Waals surface area contributed by atoms with Crippen molar-refractivity contribution in [3.63, 3.8) is 0 Å². The van der Waals surface area contributed by atoms with Crippen molar-refractivity contribution >= 4 is 17.5 Å². The second-order valence-electron chi connectivity index (χ2n) is 6.53. The van der Waals surface area contributed by atoms with Gasteiger partial charge in [0.25, 0.3) is 0 Å². The molecule has 1 saturated carbocycles. The summed E-state index contributed by atoms with van der Waals surface area (Å²) in [7, 11) is 1.58. The topological polar surface area (TPSA) is 35.5 Å². The van der Waals surface area contributed by atoms with Crippen LogP contribution in [0.5, 0.6) is 0 Å². The molecule has 110 valence electrons. The zero-order valence-electron chi connectivity index (χ0n) is 12.6. The molecule has 0 aromatic carbocycles. The van der Waals surface area contributed by atoms with Crippen LogP contribution in [0.3, 0.4) is 0 Å². The summed E-state index contributed by atoms with van der Waals surface area (Å²) in [6, 6.07) is 0. The predicted molar refractivity (Wildman–Crippen MR) is 78.3 cm³/mol. The van der Waals surface area contributed by atoms with Crippen molar-refractivity contribution < 1.29 is 14.3 Å². The van der Waals surface area contributed by atoms with Crippen LogP contribution in [0.15, 0.2) is 0 Å². The highest BCUT2D eigenvalue weighted by Gasteiger charge is 2.48. The summed E-state index contributed by atoms with van der Waals surface area (Å²) in [6.45, 7) is 8.59. The molecule has 0 N–H and O–H groups in total. The van der Waals surface area contributed by atoms with Crippen LogP contribution in [0.25, 0.3) is 0 Å². The molecule has 5 atom stereocenters. The van der Waals surface area contributed by atoms with Crippen molar-refractivity contribution in [2.24, 2.45) is 11.8 Å². The first kappa shape index (κ1) is 15.3. The van der Waals surface area contributed by atoms with Crippen LogP contribution < -0.4 is 0 Å². The van der Waals surface area contributed by atoms with Gasteiger partial charge in [-0.15, -0.1) is 11.8 Å². The molecule has 0 radical (unpaired) electrons. The number of rotatable bonds is 3. The molecule has 2 fully saturated rings. The van der Waals surface area contributed by atoms with Crippen LogP contribution in [0.2, 0.25) is 0 Å². The summed E-state index contributed by atoms with van der Waals surface area (Å²) in [5, 5.41) is 0. The zero-order valence-corrected chi connectivity index (χ0v) is 13.5. The molecule has 19 heavy (non-hydrogen) atoms. The fourth-order valence-corrected chi connectivity index (χ4v) is 4.76. The minimum atomic E-state index is -0.383. The number of carbonyl (C=O) groups excluding carboxylic acids is 1. The van der Waals surface area contributed by atoms with Crippen LogP contribution in [0.1, 0.15) is 47.0 Å². The van der Waals surface area contributed by atoms with Crippen molar-refractivity contribution in [2.75, 3.05) is 7.11 Å². The standard InChI is InChI=1S/C15H26O3S/c1-9-6-7-11-12(8-9)18-14(19-15(11,3)4)13(16)10(2)17-5/h9-12,14H,6-8H2,1-5H3/t9-,10+,11+,12-,14-/m1/s1. The van der Waals surface area contributed by atoms with E-state index in [-0.39, 0.29) is 28.2 Å². The Morgan fingerprint density at radius 3 is 2.74 bits per heavy atom. The van der Waals surface area contributed by atoms with E-state index in [9.17, 15) is 4.79 Å². The summed E-state index contributed by atoms with van der Waals surface area (Å²) >= 11 is 1.68. The van der Waals surface area contributed by atoms with Gasteiger partial charge in [-0.25, -0.2) is 0 Å². The van der Waals surface area contributed by atoms with E-state index in [0.717, 1.165) is 6.42 Å². The monoisotopic (exact) mass is 286 g/mol. The number of Topliss-reactive ketones (excluding diaryl/α,β-unsaturated/α-hetero) is 1. The van der Waals surface area contributed by atoms with Gasteiger partial charge in [-0.3, -0.25) is 4.79 Å². The third-order valence-electron chi connectivity index (χ3n) is 4.64. The molecule has 0 unspecified atom stereocenters. The maximum absolute atomic E-state index is 12.3. The highest BCUT2D eigenvalue weighted by atomic mass is 32.2. The molecule has 0 bridgehead atoms. The van der Waals surface area contributed by atoms with Crippen LogP contribution >= 0.6 is 11.8 Å². The van der Waals surface area contributed by atoms with Crippen LogP contribution in [-0.2, 0) is 14.3 Å². The lowest BCUT2D eigenvalue weighted by Crippen LogP contribution is -2.51. The second kappa shape index (κ2) is 5.74. The number of fused-ring (bicyclic) bond motifs is 1. The number of carbonyl (C=O) groups is 1. The molecule has 1 saturated heterocycles. The highest BCUT2D eigenvalue weighted by Crippen LogP contribution is 2.50. The summed E-state index contributed by atoms with van der Waals surface area (Å²) in [4.78, 5) is 12.3. The van der Waals surface area contributed by atoms with Gasteiger partial charge in [-0.2, -0.15) is 0 Å². The average molecular weight is 286 g/mol. The Morgan fingerprint density at radius 2 is 2.11 bits per heavy atom. The van der Waals surface area contributed by atoms with Crippen molar-refractivity contribution in [1.29, 1.82) is 0 Å². The maximum atomic E-state index is 12.3. The minimum Gasteiger partial charge on any atom is -0.374 e. The average Bonchev–Trinajstić information content (AvgIpc) is 2.35. The van der Waals surface area contributed by atoms with E-state index < -0.39 is 0 Å². The van der Waals surface area contributed by atoms with Crippen molar-refractivity contribution in [3.8, 4) is 0 Å². The third-order valence-corrected chi connectivity index (χ3v) is 6.11. The van der Waals surface area contributed by atoms with Gasteiger partial charge in [0.2, 0.25) is 0 Å². The number of ether oxygens (including phenoxy) is 2. The molecular formula is C15H26O3S. The third kappa shape index (κ3) is 3.17. The van der Waals surface area contributed by atoms with Gasteiger partial charge in [-0.05, 0) is 31.6 Å². The molecule has 0 aromatic rings. The zero-order chi connectivity index (χ0) is 14.2. The molecule has 3 nitrogen and oxygen atoms in total. The molecule has 0 amide bonds. The van der Waals surface area contributed by atoms with Gasteiger partial charge < -0.3 is 9.47 Å². The van der Waals surface area contributed by atoms with Crippen LogP contribution in [-0.4, -0.2) is 35.3 Å². The Hall–Kier alpha value is -0.0600. The predicted octanol–water partition coefficient (Wildman–Crippen LogP) is 3.26. The SMILES string of the molecule is CO[C@@H](C)C(=O)[C@@H]1O[C@@H]2C[C@H](C)CC[C@@H]2C(C)(C)S1. The normalized spacial score (nSPS) is 39.4. The summed E-state index contributed by atoms with van der Waals surface area (Å²) in [5.74, 6) is 1.34. The second-order valence-corrected chi connectivity index (χ2v) is 8.25. The Kier molecular flexibility index (Phi) is 4.63. The maximum Gasteiger partial charge on any atom is 0.200 e. The lowest BCUT2D eigenvalue weighted by atomic mass is 9.75. The Labute approximate surface area is 120 Å². The van der Waals surface area contributed by atoms with Gasteiger partial charge in [0.1, 0.15) is 6.10 Å². The first-order valence-electron chi connectivity index (χ1n) is 7.25. The molecule has 0 spiro atoms. The number of methoxy groups -OCH3 is 1. The molecule has 1 aliphatic carbocycles. The number of hydrogen-bond acceptors (Lipinski definition) is 4. The summed E-state index contributed by atoms with van der Waals surface area (Å²) < 4.78 is 11.4. The van der Waals surface area contributed by atoms with Crippen molar-refractivity contribution in [1.82, 2.24) is 0 Å². The Morgan fingerprint density at radius 1 is 1.42 bits per heavy atom. The minimum absolute atomic E-state index is 0.0669. The summed E-state index contributed by atoms with van der Waals surface area (Å²) in [5.41, 5.74) is -0.364. The van der Waals surface area contributed by atoms with E-state index >= 15 is 0 Å². The number of hydrogen-bond donors (Lipinski definition) is 0. The fourth-order valence-electron chi connectivity index (χ4n) is 3.26. The molecule has 2 aliphatic rings.